The lowest BCUT2D eigenvalue weighted by Crippen LogP contribution is -2.40. The second kappa shape index (κ2) is 10.4. The van der Waals surface area contributed by atoms with E-state index in [2.05, 4.69) is 4.98 Å². The molecule has 1 heterocycles. The number of hydrogen-bond donors (Lipinski definition) is 2. The number of H-pyrrole nitrogens is 1. The summed E-state index contributed by atoms with van der Waals surface area (Å²) in [6, 6.07) is 14.6. The number of methoxy groups -OCH3 is 1. The molecule has 0 saturated carbocycles. The smallest absolute Gasteiger partial charge is 0.330 e. The highest BCUT2D eigenvalue weighted by atomic mass is 19.1. The summed E-state index contributed by atoms with van der Waals surface area (Å²) in [6.45, 7) is 0.333. The van der Waals surface area contributed by atoms with E-state index in [0.717, 1.165) is 10.1 Å². The van der Waals surface area contributed by atoms with Gasteiger partial charge in [-0.2, -0.15) is 0 Å². The zero-order valence-electron chi connectivity index (χ0n) is 17.5. The van der Waals surface area contributed by atoms with E-state index in [-0.39, 0.29) is 31.2 Å². The molecule has 3 aromatic rings. The van der Waals surface area contributed by atoms with Crippen LogP contribution in [-0.2, 0) is 22.6 Å². The number of nitrogens with one attached hydrogen (secondary N) is 1. The zero-order valence-corrected chi connectivity index (χ0v) is 17.5. The Hall–Kier alpha value is -3.98. The molecule has 3 rings (SSSR count). The molecule has 3 N–H and O–H groups in total. The van der Waals surface area contributed by atoms with E-state index in [1.165, 1.54) is 48.4 Å². The van der Waals surface area contributed by atoms with E-state index in [4.69, 9.17) is 10.5 Å². The lowest BCUT2D eigenvalue weighted by atomic mass is 10.2. The number of aromatic nitrogens is 2. The first-order chi connectivity index (χ1) is 15.4. The van der Waals surface area contributed by atoms with Crippen molar-refractivity contribution in [2.45, 2.75) is 13.1 Å². The fourth-order valence-corrected chi connectivity index (χ4v) is 3.11. The number of hydrogen-bond acceptors (Lipinski definition) is 5. The minimum absolute atomic E-state index is 0.0448. The predicted molar refractivity (Wildman–Crippen MR) is 121 cm³/mol. The third kappa shape index (κ3) is 5.38. The van der Waals surface area contributed by atoms with Gasteiger partial charge in [0.1, 0.15) is 11.6 Å². The Morgan fingerprint density at radius 3 is 2.50 bits per heavy atom. The standard InChI is InChI=1S/C23H23FN4O4/c1-32-14-13-27-21(25)20(22(30)26-23(27)31)28(15-17-5-3-2-4-6-17)19(29)12-9-16-7-10-18(24)11-8-16/h2-12H,13-15,25H2,1H3,(H,26,30,31). The number of carbonyl (C=O) groups is 1. The molecule has 0 aliphatic heterocycles. The monoisotopic (exact) mass is 438 g/mol. The van der Waals surface area contributed by atoms with Crippen LogP contribution in [0.5, 0.6) is 0 Å². The lowest BCUT2D eigenvalue weighted by Gasteiger charge is -2.23. The first-order valence-corrected chi connectivity index (χ1v) is 9.81. The predicted octanol–water partition coefficient (Wildman–Crippen LogP) is 2.15. The van der Waals surface area contributed by atoms with E-state index in [1.54, 1.807) is 24.3 Å². The van der Waals surface area contributed by atoms with Gasteiger partial charge in [-0.05, 0) is 29.3 Å². The van der Waals surface area contributed by atoms with Crippen molar-refractivity contribution in [3.05, 3.63) is 98.5 Å². The number of benzene rings is 2. The number of nitrogens with zero attached hydrogens (tertiary/aromatic N) is 2. The SMILES string of the molecule is COCCn1c(N)c(N(Cc2ccccc2)C(=O)C=Cc2ccc(F)cc2)c(=O)[nH]c1=O. The normalized spacial score (nSPS) is 11.1. The summed E-state index contributed by atoms with van der Waals surface area (Å²) < 4.78 is 19.3. The number of ether oxygens (including phenoxy) is 1. The second-order valence-corrected chi connectivity index (χ2v) is 6.93. The van der Waals surface area contributed by atoms with Gasteiger partial charge in [-0.15, -0.1) is 0 Å². The van der Waals surface area contributed by atoms with Gasteiger partial charge in [-0.25, -0.2) is 9.18 Å². The van der Waals surface area contributed by atoms with Crippen LogP contribution in [0, 0.1) is 5.82 Å². The Kier molecular flexibility index (Phi) is 7.35. The Morgan fingerprint density at radius 1 is 1.16 bits per heavy atom. The fraction of sp³-hybridized carbons (Fsp3) is 0.174. The van der Waals surface area contributed by atoms with Crippen molar-refractivity contribution in [3.8, 4) is 0 Å². The zero-order chi connectivity index (χ0) is 23.1. The molecular weight excluding hydrogens is 415 g/mol. The molecule has 2 aromatic carbocycles. The van der Waals surface area contributed by atoms with Gasteiger partial charge in [0.25, 0.3) is 11.5 Å². The number of nitrogen functional groups attached to an aromatic ring is 1. The van der Waals surface area contributed by atoms with E-state index >= 15 is 0 Å². The highest BCUT2D eigenvalue weighted by Gasteiger charge is 2.23. The molecule has 8 nitrogen and oxygen atoms in total. The Balaban J connectivity index is 2.05. The number of aromatic amines is 1. The Bertz CT molecular complexity index is 1220. The van der Waals surface area contributed by atoms with Crippen molar-refractivity contribution in [3.63, 3.8) is 0 Å². The minimum Gasteiger partial charge on any atom is -0.383 e. The van der Waals surface area contributed by atoms with Crippen LogP contribution in [0.1, 0.15) is 11.1 Å². The molecule has 0 atom stereocenters. The molecule has 32 heavy (non-hydrogen) atoms. The van der Waals surface area contributed by atoms with Gasteiger partial charge in [0.15, 0.2) is 5.69 Å². The Labute approximate surface area is 183 Å². The lowest BCUT2D eigenvalue weighted by molar-refractivity contribution is -0.114. The average molecular weight is 438 g/mol. The molecule has 0 aliphatic carbocycles. The largest absolute Gasteiger partial charge is 0.383 e. The highest BCUT2D eigenvalue weighted by molar-refractivity contribution is 6.05. The van der Waals surface area contributed by atoms with Crippen LogP contribution in [0.3, 0.4) is 0 Å². The van der Waals surface area contributed by atoms with Crippen LogP contribution >= 0.6 is 0 Å². The molecule has 9 heteroatoms. The maximum Gasteiger partial charge on any atom is 0.330 e. The number of halogens is 1. The molecule has 0 fully saturated rings. The van der Waals surface area contributed by atoms with Gasteiger partial charge in [-0.1, -0.05) is 42.5 Å². The molecule has 0 saturated heterocycles. The molecular formula is C23H23FN4O4. The van der Waals surface area contributed by atoms with Crippen LogP contribution in [0.25, 0.3) is 6.08 Å². The summed E-state index contributed by atoms with van der Waals surface area (Å²) in [6.07, 6.45) is 2.77. The van der Waals surface area contributed by atoms with Crippen molar-refractivity contribution in [2.24, 2.45) is 0 Å². The van der Waals surface area contributed by atoms with Crippen LogP contribution in [-0.4, -0.2) is 29.2 Å². The molecule has 0 unspecified atom stereocenters. The molecule has 1 aromatic heterocycles. The highest BCUT2D eigenvalue weighted by Crippen LogP contribution is 2.20. The molecule has 0 radical (unpaired) electrons. The fourth-order valence-electron chi connectivity index (χ4n) is 3.11. The van der Waals surface area contributed by atoms with E-state index in [0.29, 0.717) is 5.56 Å². The maximum absolute atomic E-state index is 13.1. The number of anilines is 2. The summed E-state index contributed by atoms with van der Waals surface area (Å²) in [5, 5.41) is 0. The number of amides is 1. The molecule has 0 bridgehead atoms. The van der Waals surface area contributed by atoms with Crippen molar-refractivity contribution in [1.82, 2.24) is 9.55 Å². The number of rotatable bonds is 8. The summed E-state index contributed by atoms with van der Waals surface area (Å²) >= 11 is 0. The molecule has 1 amide bonds. The minimum atomic E-state index is -0.777. The quantitative estimate of drug-likeness (QED) is 0.524. The first-order valence-electron chi connectivity index (χ1n) is 9.81. The van der Waals surface area contributed by atoms with Crippen LogP contribution in [0.2, 0.25) is 0 Å². The second-order valence-electron chi connectivity index (χ2n) is 6.93. The van der Waals surface area contributed by atoms with Gasteiger partial charge in [-0.3, -0.25) is 24.0 Å². The summed E-state index contributed by atoms with van der Waals surface area (Å²) in [5.74, 6) is -1.07. The van der Waals surface area contributed by atoms with E-state index < -0.39 is 23.0 Å². The van der Waals surface area contributed by atoms with Crippen LogP contribution in [0.4, 0.5) is 15.9 Å². The third-order valence-electron chi connectivity index (χ3n) is 4.74. The van der Waals surface area contributed by atoms with Crippen LogP contribution in [0.15, 0.2) is 70.3 Å². The number of nitrogens with two attached hydrogens (primary N) is 1. The Morgan fingerprint density at radius 2 is 1.84 bits per heavy atom. The van der Waals surface area contributed by atoms with Gasteiger partial charge in [0.2, 0.25) is 0 Å². The topological polar surface area (TPSA) is 110 Å². The van der Waals surface area contributed by atoms with Gasteiger partial charge >= 0.3 is 5.69 Å². The molecule has 166 valence electrons. The van der Waals surface area contributed by atoms with Gasteiger partial charge in [0.05, 0.1) is 19.7 Å². The summed E-state index contributed by atoms with van der Waals surface area (Å²) in [4.78, 5) is 41.5. The van der Waals surface area contributed by atoms with Crippen molar-refractivity contribution in [2.75, 3.05) is 24.4 Å². The van der Waals surface area contributed by atoms with Gasteiger partial charge < -0.3 is 10.5 Å². The maximum atomic E-state index is 13.1. The summed E-state index contributed by atoms with van der Waals surface area (Å²) in [7, 11) is 1.47. The first kappa shape index (κ1) is 22.7. The average Bonchev–Trinajstić information content (AvgIpc) is 2.78. The van der Waals surface area contributed by atoms with Crippen LogP contribution < -0.4 is 21.9 Å². The molecule has 0 spiro atoms. The van der Waals surface area contributed by atoms with Crippen molar-refractivity contribution < 1.29 is 13.9 Å². The third-order valence-corrected chi connectivity index (χ3v) is 4.74. The van der Waals surface area contributed by atoms with Crippen molar-refractivity contribution in [1.29, 1.82) is 0 Å². The number of carbonyl (C=O) groups excluding carboxylic acids is 1. The van der Waals surface area contributed by atoms with Crippen molar-refractivity contribution >= 4 is 23.5 Å². The van der Waals surface area contributed by atoms with E-state index in [1.807, 2.05) is 6.07 Å². The molecule has 0 aliphatic rings. The summed E-state index contributed by atoms with van der Waals surface area (Å²) in [5.41, 5.74) is 5.92. The van der Waals surface area contributed by atoms with E-state index in [9.17, 15) is 18.8 Å². The van der Waals surface area contributed by atoms with Gasteiger partial charge in [0, 0.05) is 13.2 Å².